The van der Waals surface area contributed by atoms with Crippen molar-refractivity contribution in [2.75, 3.05) is 5.33 Å². The van der Waals surface area contributed by atoms with Crippen LogP contribution in [0.25, 0.3) is 12.0 Å². The van der Waals surface area contributed by atoms with E-state index in [9.17, 15) is 0 Å². The zero-order valence-electron chi connectivity index (χ0n) is 8.62. The molecule has 0 aliphatic heterocycles. The van der Waals surface area contributed by atoms with Crippen LogP contribution in [0.1, 0.15) is 12.0 Å². The molecule has 0 N–H and O–H groups in total. The Hall–Kier alpha value is -1.49. The number of halogens is 1. The van der Waals surface area contributed by atoms with Crippen LogP contribution in [0.3, 0.4) is 0 Å². The quantitative estimate of drug-likeness (QED) is 0.807. The molecule has 2 rings (SSSR count). The molecule has 0 saturated carbocycles. The van der Waals surface area contributed by atoms with Crippen molar-refractivity contribution in [2.24, 2.45) is 0 Å². The summed E-state index contributed by atoms with van der Waals surface area (Å²) in [5.74, 6) is 0.634. The van der Waals surface area contributed by atoms with Gasteiger partial charge in [-0.05, 0) is 6.42 Å². The molecule has 0 aliphatic carbocycles. The first-order chi connectivity index (χ1) is 7.90. The Labute approximate surface area is 102 Å². The molecule has 2 heterocycles. The van der Waals surface area contributed by atoms with Gasteiger partial charge in [0.25, 0.3) is 0 Å². The number of allylic oxidation sites excluding steroid dienone is 1. The van der Waals surface area contributed by atoms with E-state index >= 15 is 0 Å². The highest BCUT2D eigenvalue weighted by Gasteiger charge is 1.97. The third kappa shape index (κ3) is 2.76. The van der Waals surface area contributed by atoms with Gasteiger partial charge in [-0.15, -0.1) is 0 Å². The Bertz CT molecular complexity index is 447. The lowest BCUT2D eigenvalue weighted by Gasteiger charge is -1.99. The largest absolute Gasteiger partial charge is 0.274 e. The maximum Gasteiger partial charge on any atom is 0.234 e. The summed E-state index contributed by atoms with van der Waals surface area (Å²) >= 11 is 3.37. The van der Waals surface area contributed by atoms with Crippen LogP contribution in [0.5, 0.6) is 0 Å². The van der Waals surface area contributed by atoms with Gasteiger partial charge in [-0.1, -0.05) is 28.1 Å². The fraction of sp³-hybridized carbons (Fsp3) is 0.182. The minimum atomic E-state index is 0.634. The highest BCUT2D eigenvalue weighted by Crippen LogP contribution is 2.03. The van der Waals surface area contributed by atoms with Gasteiger partial charge in [0.05, 0.1) is 0 Å². The fourth-order valence-electron chi connectivity index (χ4n) is 1.21. The molecular weight excluding hydrogens is 268 g/mol. The number of hydrogen-bond donors (Lipinski definition) is 0. The highest BCUT2D eigenvalue weighted by atomic mass is 79.9. The van der Waals surface area contributed by atoms with E-state index in [0.29, 0.717) is 5.95 Å². The number of hydrogen-bond acceptors (Lipinski definition) is 3. The molecule has 0 fully saturated rings. The predicted molar refractivity (Wildman–Crippen MR) is 66.6 cm³/mol. The summed E-state index contributed by atoms with van der Waals surface area (Å²) in [5.41, 5.74) is 1.00. The molecule has 0 atom stereocenters. The third-order valence-corrected chi connectivity index (χ3v) is 2.44. The number of aromatic nitrogens is 4. The summed E-state index contributed by atoms with van der Waals surface area (Å²) in [6.45, 7) is 0. The summed E-state index contributed by atoms with van der Waals surface area (Å²) in [5, 5.41) is 0.970. The monoisotopic (exact) mass is 278 g/mol. The van der Waals surface area contributed by atoms with Crippen LogP contribution in [0.4, 0.5) is 0 Å². The number of nitrogens with zero attached hydrogens (tertiary/aromatic N) is 4. The topological polar surface area (TPSA) is 43.6 Å². The molecule has 0 aromatic carbocycles. The van der Waals surface area contributed by atoms with Crippen molar-refractivity contribution in [1.29, 1.82) is 0 Å². The fourth-order valence-corrected chi connectivity index (χ4v) is 1.47. The van der Waals surface area contributed by atoms with Gasteiger partial charge in [-0.3, -0.25) is 4.57 Å². The summed E-state index contributed by atoms with van der Waals surface area (Å²) in [6, 6.07) is 0. The summed E-state index contributed by atoms with van der Waals surface area (Å²) in [4.78, 5) is 12.4. The molecule has 2 aromatic rings. The number of alkyl halides is 1. The van der Waals surface area contributed by atoms with E-state index in [0.717, 1.165) is 17.3 Å². The molecule has 5 heteroatoms. The summed E-state index contributed by atoms with van der Waals surface area (Å²) in [6.07, 6.45) is 13.9. The normalized spacial score (nSPS) is 11.1. The lowest BCUT2D eigenvalue weighted by atomic mass is 10.3. The van der Waals surface area contributed by atoms with Crippen molar-refractivity contribution < 1.29 is 0 Å². The molecule has 0 amide bonds. The van der Waals surface area contributed by atoms with Crippen LogP contribution in [0, 0.1) is 0 Å². The first kappa shape index (κ1) is 11.0. The van der Waals surface area contributed by atoms with Crippen molar-refractivity contribution in [2.45, 2.75) is 6.42 Å². The first-order valence-electron chi connectivity index (χ1n) is 4.93. The van der Waals surface area contributed by atoms with E-state index in [1.165, 1.54) is 0 Å². The van der Waals surface area contributed by atoms with Gasteiger partial charge in [0.15, 0.2) is 0 Å². The standard InChI is InChI=1S/C11H11BrN4/c12-4-2-1-3-10-7-14-11(15-8-10)16-6-5-13-9-16/h1,3,5-9H,2,4H2. The molecule has 2 aromatic heterocycles. The Kier molecular flexibility index (Phi) is 3.82. The van der Waals surface area contributed by atoms with E-state index in [4.69, 9.17) is 0 Å². The highest BCUT2D eigenvalue weighted by molar-refractivity contribution is 9.09. The third-order valence-electron chi connectivity index (χ3n) is 1.98. The average Bonchev–Trinajstić information content (AvgIpc) is 2.84. The van der Waals surface area contributed by atoms with Crippen molar-refractivity contribution in [3.63, 3.8) is 0 Å². The second kappa shape index (κ2) is 5.55. The predicted octanol–water partition coefficient (Wildman–Crippen LogP) is 2.46. The molecule has 0 aliphatic rings. The maximum absolute atomic E-state index is 4.25. The first-order valence-corrected chi connectivity index (χ1v) is 6.05. The van der Waals surface area contributed by atoms with E-state index in [2.05, 4.69) is 37.0 Å². The van der Waals surface area contributed by atoms with E-state index < -0.39 is 0 Å². The van der Waals surface area contributed by atoms with Crippen molar-refractivity contribution in [3.8, 4) is 5.95 Å². The van der Waals surface area contributed by atoms with E-state index in [-0.39, 0.29) is 0 Å². The number of imidazole rings is 1. The van der Waals surface area contributed by atoms with Crippen LogP contribution in [-0.2, 0) is 0 Å². The lowest BCUT2D eigenvalue weighted by molar-refractivity contribution is 0.923. The molecule has 0 unspecified atom stereocenters. The minimum Gasteiger partial charge on any atom is -0.274 e. The van der Waals surface area contributed by atoms with Crippen molar-refractivity contribution >= 4 is 22.0 Å². The Balaban J connectivity index is 2.11. The summed E-state index contributed by atoms with van der Waals surface area (Å²) in [7, 11) is 0. The molecule has 0 radical (unpaired) electrons. The van der Waals surface area contributed by atoms with Gasteiger partial charge in [-0.25, -0.2) is 15.0 Å². The van der Waals surface area contributed by atoms with Crippen LogP contribution in [0.15, 0.2) is 37.2 Å². The van der Waals surface area contributed by atoms with Gasteiger partial charge in [0.1, 0.15) is 6.33 Å². The van der Waals surface area contributed by atoms with Crippen LogP contribution >= 0.6 is 15.9 Å². The zero-order valence-corrected chi connectivity index (χ0v) is 10.2. The zero-order chi connectivity index (χ0) is 11.2. The lowest BCUT2D eigenvalue weighted by Crippen LogP contribution is -1.97. The Morgan fingerprint density at radius 3 is 2.75 bits per heavy atom. The second-order valence-corrected chi connectivity index (χ2v) is 3.96. The molecule has 82 valence electrons. The van der Waals surface area contributed by atoms with Crippen LogP contribution < -0.4 is 0 Å². The molecular formula is C11H11BrN4. The second-order valence-electron chi connectivity index (χ2n) is 3.17. The van der Waals surface area contributed by atoms with Gasteiger partial charge in [0.2, 0.25) is 5.95 Å². The van der Waals surface area contributed by atoms with Crippen molar-refractivity contribution in [1.82, 2.24) is 19.5 Å². The van der Waals surface area contributed by atoms with Gasteiger partial charge in [0, 0.05) is 35.7 Å². The van der Waals surface area contributed by atoms with E-state index in [1.807, 2.05) is 12.3 Å². The average molecular weight is 279 g/mol. The van der Waals surface area contributed by atoms with Gasteiger partial charge in [-0.2, -0.15) is 0 Å². The van der Waals surface area contributed by atoms with Gasteiger partial charge >= 0.3 is 0 Å². The molecule has 16 heavy (non-hydrogen) atoms. The molecule has 0 saturated heterocycles. The molecule has 0 spiro atoms. The molecule has 4 nitrogen and oxygen atoms in total. The SMILES string of the molecule is BrCCC=Cc1cnc(-n2ccnc2)nc1. The van der Waals surface area contributed by atoms with E-state index in [1.54, 1.807) is 29.5 Å². The molecule has 0 bridgehead atoms. The van der Waals surface area contributed by atoms with Crippen molar-refractivity contribution in [3.05, 3.63) is 42.8 Å². The minimum absolute atomic E-state index is 0.634. The van der Waals surface area contributed by atoms with Crippen LogP contribution in [0.2, 0.25) is 0 Å². The number of rotatable bonds is 4. The smallest absolute Gasteiger partial charge is 0.234 e. The van der Waals surface area contributed by atoms with Crippen LogP contribution in [-0.4, -0.2) is 24.8 Å². The van der Waals surface area contributed by atoms with Gasteiger partial charge < -0.3 is 0 Å². The Morgan fingerprint density at radius 2 is 2.12 bits per heavy atom. The summed E-state index contributed by atoms with van der Waals surface area (Å²) < 4.78 is 1.77. The Morgan fingerprint density at radius 1 is 1.31 bits per heavy atom. The maximum atomic E-state index is 4.25.